The van der Waals surface area contributed by atoms with Crippen LogP contribution in [0.4, 0.5) is 0 Å². The Bertz CT molecular complexity index is 877. The van der Waals surface area contributed by atoms with Gasteiger partial charge in [-0.2, -0.15) is 0 Å². The minimum Gasteiger partial charge on any atom is -0.490 e. The van der Waals surface area contributed by atoms with Crippen molar-refractivity contribution < 1.29 is 23.8 Å². The molecule has 0 aromatic heterocycles. The zero-order valence-corrected chi connectivity index (χ0v) is 18.8. The number of amides is 1. The molecule has 6 heteroatoms. The van der Waals surface area contributed by atoms with E-state index in [1.165, 1.54) is 0 Å². The summed E-state index contributed by atoms with van der Waals surface area (Å²) in [5.41, 5.74) is 1.38. The maximum Gasteiger partial charge on any atom is 0.290 e. The van der Waals surface area contributed by atoms with Crippen molar-refractivity contribution in [3.8, 4) is 11.5 Å². The highest BCUT2D eigenvalue weighted by Gasteiger charge is 2.51. The van der Waals surface area contributed by atoms with Gasteiger partial charge >= 0.3 is 0 Å². The van der Waals surface area contributed by atoms with E-state index in [4.69, 9.17) is 14.2 Å². The Balaban J connectivity index is 1.71. The second kappa shape index (κ2) is 9.33. The van der Waals surface area contributed by atoms with Gasteiger partial charge in [0.1, 0.15) is 6.10 Å². The molecule has 0 radical (unpaired) electrons. The summed E-state index contributed by atoms with van der Waals surface area (Å²) in [7, 11) is 0. The van der Waals surface area contributed by atoms with Gasteiger partial charge in [-0.25, -0.2) is 0 Å². The van der Waals surface area contributed by atoms with Crippen molar-refractivity contribution in [1.82, 2.24) is 4.90 Å². The molecule has 1 aromatic carbocycles. The van der Waals surface area contributed by atoms with Crippen LogP contribution in [-0.2, 0) is 14.3 Å². The fraction of sp³-hybridized carbons (Fsp3) is 0.600. The lowest BCUT2D eigenvalue weighted by molar-refractivity contribution is -0.135. The van der Waals surface area contributed by atoms with Gasteiger partial charge in [-0.3, -0.25) is 9.59 Å². The van der Waals surface area contributed by atoms with Crippen molar-refractivity contribution in [2.75, 3.05) is 19.8 Å². The number of ketones is 1. The van der Waals surface area contributed by atoms with E-state index in [2.05, 4.69) is 6.92 Å². The molecule has 0 spiro atoms. The third-order valence-corrected chi connectivity index (χ3v) is 6.54. The Labute approximate surface area is 184 Å². The zero-order valence-electron chi connectivity index (χ0n) is 18.8. The summed E-state index contributed by atoms with van der Waals surface area (Å²) in [6, 6.07) is 5.32. The lowest BCUT2D eigenvalue weighted by Gasteiger charge is -2.35. The standard InChI is InChI=1S/C25H33NO5/c1-4-7-14-30-19-13-12-16(15-20(19)29-6-3)22-21-23(27)17-10-8-9-11-18(17)31-24(21)25(28)26(22)5-2/h12-13,15,17-18,22H,4-11,14H2,1-3H3. The van der Waals surface area contributed by atoms with Crippen LogP contribution in [0.3, 0.4) is 0 Å². The Hall–Kier alpha value is -2.50. The molecule has 168 valence electrons. The maximum atomic E-state index is 13.5. The van der Waals surface area contributed by atoms with Crippen LogP contribution in [0.25, 0.3) is 0 Å². The van der Waals surface area contributed by atoms with Crippen molar-refractivity contribution in [3.63, 3.8) is 0 Å². The predicted molar refractivity (Wildman–Crippen MR) is 117 cm³/mol. The van der Waals surface area contributed by atoms with Crippen molar-refractivity contribution >= 4 is 11.7 Å². The average Bonchev–Trinajstić information content (AvgIpc) is 3.07. The Morgan fingerprint density at radius 1 is 1.06 bits per heavy atom. The van der Waals surface area contributed by atoms with Crippen molar-refractivity contribution in [1.29, 1.82) is 0 Å². The van der Waals surface area contributed by atoms with E-state index in [1.54, 1.807) is 4.90 Å². The van der Waals surface area contributed by atoms with Crippen LogP contribution in [0.1, 0.15) is 70.9 Å². The first kappa shape index (κ1) is 21.7. The zero-order chi connectivity index (χ0) is 22.0. The van der Waals surface area contributed by atoms with Crippen LogP contribution >= 0.6 is 0 Å². The lowest BCUT2D eigenvalue weighted by atomic mass is 9.77. The molecule has 2 heterocycles. The smallest absolute Gasteiger partial charge is 0.290 e. The molecular weight excluding hydrogens is 394 g/mol. The molecule has 4 rings (SSSR count). The highest BCUT2D eigenvalue weighted by Crippen LogP contribution is 2.47. The number of hydrogen-bond donors (Lipinski definition) is 0. The molecule has 6 nitrogen and oxygen atoms in total. The largest absolute Gasteiger partial charge is 0.490 e. The quantitative estimate of drug-likeness (QED) is 0.568. The second-order valence-electron chi connectivity index (χ2n) is 8.49. The molecule has 0 saturated heterocycles. The summed E-state index contributed by atoms with van der Waals surface area (Å²) in [5.74, 6) is 1.37. The van der Waals surface area contributed by atoms with E-state index in [0.717, 1.165) is 44.1 Å². The minimum absolute atomic E-state index is 0.0847. The SMILES string of the molecule is CCCCOc1ccc(C2C3=C(OC4CCCCC4C3=O)C(=O)N2CC)cc1OCC. The molecule has 1 amide bonds. The van der Waals surface area contributed by atoms with Crippen LogP contribution in [0, 0.1) is 5.92 Å². The number of nitrogens with zero attached hydrogens (tertiary/aromatic N) is 1. The van der Waals surface area contributed by atoms with Gasteiger partial charge in [0.15, 0.2) is 23.0 Å². The van der Waals surface area contributed by atoms with E-state index in [1.807, 2.05) is 32.0 Å². The highest BCUT2D eigenvalue weighted by atomic mass is 16.5. The van der Waals surface area contributed by atoms with Crippen LogP contribution < -0.4 is 9.47 Å². The maximum absolute atomic E-state index is 13.5. The molecule has 1 fully saturated rings. The van der Waals surface area contributed by atoms with Crippen molar-refractivity contribution in [2.45, 2.75) is 71.4 Å². The van der Waals surface area contributed by atoms with E-state index >= 15 is 0 Å². The van der Waals surface area contributed by atoms with Gasteiger partial charge < -0.3 is 19.1 Å². The fourth-order valence-corrected chi connectivity index (χ4v) is 4.97. The molecule has 0 bridgehead atoms. The van der Waals surface area contributed by atoms with Crippen molar-refractivity contribution in [3.05, 3.63) is 35.1 Å². The molecule has 3 unspecified atom stereocenters. The normalized spacial score (nSPS) is 25.3. The van der Waals surface area contributed by atoms with Crippen LogP contribution in [-0.4, -0.2) is 42.5 Å². The number of rotatable bonds is 8. The molecule has 3 aliphatic rings. The number of hydrogen-bond acceptors (Lipinski definition) is 5. The number of likely N-dealkylation sites (N-methyl/N-ethyl adjacent to an activating group) is 1. The number of benzene rings is 1. The summed E-state index contributed by atoms with van der Waals surface area (Å²) < 4.78 is 17.9. The van der Waals surface area contributed by atoms with E-state index in [9.17, 15) is 9.59 Å². The molecule has 2 aliphatic heterocycles. The summed E-state index contributed by atoms with van der Waals surface area (Å²) >= 11 is 0. The number of unbranched alkanes of at least 4 members (excludes halogenated alkanes) is 1. The van der Waals surface area contributed by atoms with E-state index in [-0.39, 0.29) is 29.5 Å². The summed E-state index contributed by atoms with van der Waals surface area (Å²) in [5, 5.41) is 0. The number of carbonyl (C=O) groups is 2. The average molecular weight is 428 g/mol. The monoisotopic (exact) mass is 427 g/mol. The highest BCUT2D eigenvalue weighted by molar-refractivity contribution is 6.11. The molecular formula is C25H33NO5. The first-order valence-corrected chi connectivity index (χ1v) is 11.8. The first-order chi connectivity index (χ1) is 15.1. The molecule has 3 atom stereocenters. The predicted octanol–water partition coefficient (Wildman–Crippen LogP) is 4.58. The van der Waals surface area contributed by atoms with Crippen LogP contribution in [0.15, 0.2) is 29.5 Å². The van der Waals surface area contributed by atoms with Gasteiger partial charge in [0.25, 0.3) is 5.91 Å². The van der Waals surface area contributed by atoms with Gasteiger partial charge in [-0.15, -0.1) is 0 Å². The van der Waals surface area contributed by atoms with E-state index < -0.39 is 6.04 Å². The number of fused-ring (bicyclic) bond motifs is 1. The van der Waals surface area contributed by atoms with Crippen LogP contribution in [0.5, 0.6) is 11.5 Å². The fourth-order valence-electron chi connectivity index (χ4n) is 4.97. The second-order valence-corrected chi connectivity index (χ2v) is 8.49. The number of Topliss-reactive ketones (excluding diaryl/α,β-unsaturated/α-hetero) is 1. The summed E-state index contributed by atoms with van der Waals surface area (Å²) in [6.45, 7) is 7.63. The third kappa shape index (κ3) is 3.92. The Morgan fingerprint density at radius 2 is 1.87 bits per heavy atom. The summed E-state index contributed by atoms with van der Waals surface area (Å²) in [4.78, 5) is 28.4. The third-order valence-electron chi connectivity index (χ3n) is 6.54. The van der Waals surface area contributed by atoms with Gasteiger partial charge in [-0.1, -0.05) is 25.8 Å². The van der Waals surface area contributed by atoms with E-state index in [0.29, 0.717) is 36.8 Å². The van der Waals surface area contributed by atoms with Crippen molar-refractivity contribution in [2.24, 2.45) is 5.92 Å². The topological polar surface area (TPSA) is 65.1 Å². The lowest BCUT2D eigenvalue weighted by Crippen LogP contribution is -2.39. The summed E-state index contributed by atoms with van der Waals surface area (Å²) in [6.07, 6.45) is 5.63. The van der Waals surface area contributed by atoms with Crippen LogP contribution in [0.2, 0.25) is 0 Å². The first-order valence-electron chi connectivity index (χ1n) is 11.8. The molecule has 1 aromatic rings. The van der Waals surface area contributed by atoms with Gasteiger partial charge in [0.05, 0.1) is 30.7 Å². The Morgan fingerprint density at radius 3 is 2.61 bits per heavy atom. The number of ether oxygens (including phenoxy) is 3. The van der Waals surface area contributed by atoms with Gasteiger partial charge in [0.2, 0.25) is 0 Å². The molecule has 1 aliphatic carbocycles. The van der Waals surface area contributed by atoms with Gasteiger partial charge in [-0.05, 0) is 57.2 Å². The molecule has 1 saturated carbocycles. The molecule has 0 N–H and O–H groups in total. The van der Waals surface area contributed by atoms with Gasteiger partial charge in [0, 0.05) is 6.54 Å². The Kier molecular flexibility index (Phi) is 6.54. The minimum atomic E-state index is -0.438. The molecule has 31 heavy (non-hydrogen) atoms. The number of carbonyl (C=O) groups excluding carboxylic acids is 2.